The van der Waals surface area contributed by atoms with Gasteiger partial charge in [-0.3, -0.25) is 42.9 Å². The molecule has 0 aliphatic carbocycles. The van der Waals surface area contributed by atoms with E-state index < -0.39 is 137 Å². The SMILES string of the molecule is NC1C(OCCCCC(=O)NCCCNC(=O)CCOCC(COCCC(=O)NCCCNC(=O)CCCCOC2OC(CO)C(O)C(O)C2N)(COCCC(=O)NCCCNC(=O)CCCCOC2OC(CO)C(O)C(O)C2N)NC(=O)CCCCCCCCCCC(=O)N2C[C@H](O)C[C@H]2COP(=O)(O)O)OC(CO)C(O)C1O. The smallest absolute Gasteiger partial charge is 0.394 e. The first-order valence-electron chi connectivity index (χ1n) is 40.3. The largest absolute Gasteiger partial charge is 0.469 e. The number of aliphatic hydroxyl groups excluding tert-OH is 10. The molecule has 0 saturated carbocycles. The molecule has 4 rings (SSSR count). The molecule has 43 heteroatoms. The number of phosphoric acid groups is 1. The third kappa shape index (κ3) is 41.7. The fourth-order valence-electron chi connectivity index (χ4n) is 12.9. The van der Waals surface area contributed by atoms with Gasteiger partial charge in [0.1, 0.15) is 60.5 Å². The summed E-state index contributed by atoms with van der Waals surface area (Å²) in [5.74, 6) is -2.43. The monoisotopic (exact) mass is 1680 g/mol. The summed E-state index contributed by atoms with van der Waals surface area (Å²) in [7, 11) is -4.76. The maximum atomic E-state index is 14.0. The van der Waals surface area contributed by atoms with Crippen LogP contribution in [0, 0.1) is 0 Å². The van der Waals surface area contributed by atoms with Crippen LogP contribution in [0.3, 0.4) is 0 Å². The fraction of sp³-hybridized carbons (Fsp3) is 0.889. The number of hydrogen-bond acceptors (Lipinski definition) is 32. The summed E-state index contributed by atoms with van der Waals surface area (Å²) in [5.41, 5.74) is 16.3. The van der Waals surface area contributed by atoms with Crippen LogP contribution in [0.1, 0.15) is 167 Å². The second-order valence-electron chi connectivity index (χ2n) is 29.4. The van der Waals surface area contributed by atoms with E-state index in [1.807, 2.05) is 0 Å². The zero-order chi connectivity index (χ0) is 84.6. The van der Waals surface area contributed by atoms with E-state index in [9.17, 15) is 94.0 Å². The number of carbonyl (C=O) groups is 8. The average molecular weight is 1680 g/mol. The number of β-amino-alcohol motifs (C(OH)–C–C–N with tert-alkyl or cyclic N) is 1. The summed E-state index contributed by atoms with van der Waals surface area (Å²) in [4.78, 5) is 123. The van der Waals surface area contributed by atoms with Gasteiger partial charge >= 0.3 is 7.82 Å². The number of carbonyl (C=O) groups excluding carboxylic acids is 8. The summed E-state index contributed by atoms with van der Waals surface area (Å²) < 4.78 is 67.3. The van der Waals surface area contributed by atoms with Gasteiger partial charge in [0.05, 0.1) is 96.3 Å². The predicted octanol–water partition coefficient (Wildman–Crippen LogP) is -6.24. The van der Waals surface area contributed by atoms with Crippen LogP contribution in [0.2, 0.25) is 0 Å². The Morgan fingerprint density at radius 2 is 0.687 bits per heavy atom. The van der Waals surface area contributed by atoms with Gasteiger partial charge in [-0.05, 0) is 77.0 Å². The lowest BCUT2D eigenvalue weighted by Gasteiger charge is -2.40. The van der Waals surface area contributed by atoms with Crippen LogP contribution in [0.4, 0.5) is 0 Å². The normalized spacial score (nSPS) is 26.2. The molecule has 4 heterocycles. The van der Waals surface area contributed by atoms with Crippen molar-refractivity contribution in [3.05, 3.63) is 0 Å². The molecule has 0 bridgehead atoms. The van der Waals surface area contributed by atoms with Gasteiger partial charge in [0.25, 0.3) is 0 Å². The lowest BCUT2D eigenvalue weighted by atomic mass is 9.98. The molecule has 0 aromatic carbocycles. The maximum absolute atomic E-state index is 14.0. The van der Waals surface area contributed by atoms with Crippen molar-refractivity contribution >= 4 is 55.1 Å². The first-order valence-corrected chi connectivity index (χ1v) is 41.9. The molecule has 4 aliphatic rings. The van der Waals surface area contributed by atoms with Crippen LogP contribution in [0.5, 0.6) is 0 Å². The van der Waals surface area contributed by atoms with Gasteiger partial charge < -0.3 is 163 Å². The van der Waals surface area contributed by atoms with E-state index in [1.54, 1.807) is 0 Å². The predicted molar refractivity (Wildman–Crippen MR) is 406 cm³/mol. The van der Waals surface area contributed by atoms with Gasteiger partial charge in [0.15, 0.2) is 18.9 Å². The summed E-state index contributed by atoms with van der Waals surface area (Å²) in [6.07, 6.45) is -5.08. The summed E-state index contributed by atoms with van der Waals surface area (Å²) in [6, 6.07) is -3.78. The summed E-state index contributed by atoms with van der Waals surface area (Å²) in [6.45, 7) is -1.29. The van der Waals surface area contributed by atoms with Gasteiger partial charge in [0, 0.05) is 117 Å². The Bertz CT molecular complexity index is 2600. The minimum atomic E-state index is -4.76. The van der Waals surface area contributed by atoms with Gasteiger partial charge in [-0.25, -0.2) is 4.57 Å². The van der Waals surface area contributed by atoms with E-state index in [1.165, 1.54) is 4.90 Å². The summed E-state index contributed by atoms with van der Waals surface area (Å²) >= 11 is 0. The van der Waals surface area contributed by atoms with Crippen molar-refractivity contribution in [2.45, 2.75) is 277 Å². The molecule has 668 valence electrons. The number of ether oxygens (including phenoxy) is 9. The van der Waals surface area contributed by atoms with Crippen molar-refractivity contribution in [3.63, 3.8) is 0 Å². The van der Waals surface area contributed by atoms with Crippen LogP contribution in [-0.4, -0.2) is 354 Å². The van der Waals surface area contributed by atoms with Crippen molar-refractivity contribution in [1.82, 2.24) is 42.1 Å². The second-order valence-corrected chi connectivity index (χ2v) is 30.7. The number of amides is 8. The van der Waals surface area contributed by atoms with Crippen molar-refractivity contribution in [3.8, 4) is 0 Å². The molecular formula is C72H134N11O31P. The van der Waals surface area contributed by atoms with Gasteiger partial charge in [-0.2, -0.15) is 0 Å². The third-order valence-electron chi connectivity index (χ3n) is 19.7. The number of unbranched alkanes of at least 4 members (excludes halogenated alkanes) is 10. The summed E-state index contributed by atoms with van der Waals surface area (Å²) in [5, 5.41) is 119. The van der Waals surface area contributed by atoms with Crippen LogP contribution >= 0.6 is 7.82 Å². The number of nitrogens with two attached hydrogens (primary N) is 3. The molecule has 17 atom stereocenters. The Balaban J connectivity index is 1.28. The molecule has 4 aliphatic heterocycles. The van der Waals surface area contributed by atoms with Crippen LogP contribution in [0.15, 0.2) is 0 Å². The topological polar surface area (TPSA) is 654 Å². The van der Waals surface area contributed by atoms with Crippen molar-refractivity contribution in [1.29, 1.82) is 0 Å². The van der Waals surface area contributed by atoms with E-state index in [-0.39, 0.29) is 217 Å². The highest BCUT2D eigenvalue weighted by Crippen LogP contribution is 2.37. The van der Waals surface area contributed by atoms with Crippen molar-refractivity contribution < 1.29 is 151 Å². The molecule has 25 N–H and O–H groups in total. The molecule has 4 fully saturated rings. The Morgan fingerprint density at radius 3 is 1.01 bits per heavy atom. The third-order valence-corrected chi connectivity index (χ3v) is 20.2. The fourth-order valence-corrected chi connectivity index (χ4v) is 13.2. The molecule has 0 aromatic rings. The van der Waals surface area contributed by atoms with E-state index in [0.29, 0.717) is 77.0 Å². The number of nitrogens with zero attached hydrogens (tertiary/aromatic N) is 1. The van der Waals surface area contributed by atoms with Crippen LogP contribution in [0.25, 0.3) is 0 Å². The molecule has 115 heavy (non-hydrogen) atoms. The molecule has 0 aromatic heterocycles. The number of likely N-dealkylation sites (tertiary alicyclic amines) is 1. The lowest BCUT2D eigenvalue weighted by molar-refractivity contribution is -0.265. The van der Waals surface area contributed by atoms with Crippen LogP contribution in [-0.2, 0) is 90.1 Å². The Kier molecular flexibility index (Phi) is 51.6. The Morgan fingerprint density at radius 1 is 0.391 bits per heavy atom. The van der Waals surface area contributed by atoms with Crippen LogP contribution < -0.4 is 54.4 Å². The molecule has 0 spiro atoms. The zero-order valence-electron chi connectivity index (χ0n) is 66.1. The van der Waals surface area contributed by atoms with Crippen molar-refractivity contribution in [2.24, 2.45) is 17.2 Å². The molecule has 42 nitrogen and oxygen atoms in total. The number of phosphoric ester groups is 1. The van der Waals surface area contributed by atoms with E-state index in [4.69, 9.17) is 69.6 Å². The number of nitrogens with one attached hydrogen (secondary N) is 7. The van der Waals surface area contributed by atoms with E-state index in [0.717, 1.165) is 32.1 Å². The van der Waals surface area contributed by atoms with Crippen molar-refractivity contribution in [2.75, 3.05) is 132 Å². The van der Waals surface area contributed by atoms with E-state index >= 15 is 0 Å². The molecular weight excluding hydrogens is 1550 g/mol. The van der Waals surface area contributed by atoms with Gasteiger partial charge in [-0.15, -0.1) is 0 Å². The highest BCUT2D eigenvalue weighted by molar-refractivity contribution is 7.46. The first-order chi connectivity index (χ1) is 55.0. The first kappa shape index (κ1) is 102. The minimum absolute atomic E-state index is 0.0562. The number of rotatable bonds is 63. The zero-order valence-corrected chi connectivity index (χ0v) is 67.0. The standard InChI is InChI=1S/C72H134N11O31P/c73-60-66(99)63(96)49(40-84)112-69(60)108-32-12-9-18-52(88)76-26-15-29-79-55(91)23-35-105-44-72(82-58(94)21-7-5-3-1-2-4-6-8-22-59(95)83-39-48(87)38-47(83)43-111-115(102,103)104,45-106-36-24-56(92)80-30-16-27-77-53(89)19-10-13-33-109-70-61(74)67(100)64(97)50(41-85)113-70)46-107-37-25-57(93)81-31-17-28-78-54(90)20-11-14-34-110-71-62(75)68(101)65(98)51(42-86)114-71/h47-51,60-71,84-87,96-101H,1-46,73-75H2,(H,76,88)(H,77,89)(H,78,90)(H,79,91)(H,80,92)(H,81,93)(H,82,94)(H2,102,103,104)/t47-,48+,49?,50?,51?,60?,61?,62?,63?,64?,65?,66?,67?,68?,69?,70?,71?,72?/m0/s1. The van der Waals surface area contributed by atoms with E-state index in [2.05, 4.69) is 41.7 Å². The highest BCUT2D eigenvalue weighted by Gasteiger charge is 2.46. The van der Waals surface area contributed by atoms with Gasteiger partial charge in [0.2, 0.25) is 47.3 Å². The number of hydrogen-bond donors (Lipinski definition) is 22. The lowest BCUT2D eigenvalue weighted by Crippen LogP contribution is -2.62. The second kappa shape index (κ2) is 58.0. The average Bonchev–Trinajstić information content (AvgIpc) is 1.85. The Hall–Kier alpha value is -5.01. The molecule has 8 amide bonds. The molecule has 15 unspecified atom stereocenters. The maximum Gasteiger partial charge on any atom is 0.469 e. The Labute approximate surface area is 671 Å². The van der Waals surface area contributed by atoms with Gasteiger partial charge in [-0.1, -0.05) is 38.5 Å². The quantitative estimate of drug-likeness (QED) is 0.0199. The molecule has 0 radical (unpaired) electrons. The highest BCUT2D eigenvalue weighted by atomic mass is 31.2. The molecule has 4 saturated heterocycles. The minimum Gasteiger partial charge on any atom is -0.394 e. The number of aliphatic hydroxyl groups is 10.